The first kappa shape index (κ1) is 17.5. The third-order valence-electron chi connectivity index (χ3n) is 4.20. The standard InChI is InChI=1S/C23H18N2O3/c26-23(25-20-11-9-18(10-12-20)22-14-24-16-28-22)19-7-4-8-21(13-19)27-15-17-5-2-1-3-6-17/h1-14,16H,15H2,(H,25,26). The lowest BCUT2D eigenvalue weighted by molar-refractivity contribution is 0.102. The van der Waals surface area contributed by atoms with Gasteiger partial charge in [0.25, 0.3) is 5.91 Å². The number of benzene rings is 3. The van der Waals surface area contributed by atoms with Crippen LogP contribution in [0.1, 0.15) is 15.9 Å². The number of carbonyl (C=O) groups is 1. The van der Waals surface area contributed by atoms with Crippen molar-refractivity contribution in [1.82, 2.24) is 4.98 Å². The van der Waals surface area contributed by atoms with E-state index in [1.54, 1.807) is 18.3 Å². The molecule has 0 saturated heterocycles. The monoisotopic (exact) mass is 370 g/mol. The number of oxazole rings is 1. The Balaban J connectivity index is 1.40. The molecule has 0 radical (unpaired) electrons. The molecule has 28 heavy (non-hydrogen) atoms. The molecule has 4 rings (SSSR count). The Kier molecular flexibility index (Phi) is 5.15. The number of hydrogen-bond donors (Lipinski definition) is 1. The van der Waals surface area contributed by atoms with Gasteiger partial charge < -0.3 is 14.5 Å². The maximum absolute atomic E-state index is 12.6. The second-order valence-corrected chi connectivity index (χ2v) is 6.20. The van der Waals surface area contributed by atoms with Crippen LogP contribution in [0.2, 0.25) is 0 Å². The van der Waals surface area contributed by atoms with Crippen LogP contribution < -0.4 is 10.1 Å². The van der Waals surface area contributed by atoms with Gasteiger partial charge in [-0.3, -0.25) is 4.79 Å². The van der Waals surface area contributed by atoms with Gasteiger partial charge in [0.1, 0.15) is 12.4 Å². The first-order chi connectivity index (χ1) is 13.8. The lowest BCUT2D eigenvalue weighted by Crippen LogP contribution is -2.11. The Hall–Kier alpha value is -3.86. The number of nitrogens with zero attached hydrogens (tertiary/aromatic N) is 1. The van der Waals surface area contributed by atoms with Gasteiger partial charge in [-0.05, 0) is 48.0 Å². The van der Waals surface area contributed by atoms with Gasteiger partial charge in [0, 0.05) is 16.8 Å². The predicted molar refractivity (Wildman–Crippen MR) is 107 cm³/mol. The second kappa shape index (κ2) is 8.22. The second-order valence-electron chi connectivity index (χ2n) is 6.20. The van der Waals surface area contributed by atoms with E-state index in [4.69, 9.17) is 9.15 Å². The summed E-state index contributed by atoms with van der Waals surface area (Å²) in [6, 6.07) is 24.4. The smallest absolute Gasteiger partial charge is 0.255 e. The summed E-state index contributed by atoms with van der Waals surface area (Å²) in [6.07, 6.45) is 3.03. The van der Waals surface area contributed by atoms with Crippen molar-refractivity contribution in [2.45, 2.75) is 6.61 Å². The third-order valence-corrected chi connectivity index (χ3v) is 4.20. The number of aromatic nitrogens is 1. The largest absolute Gasteiger partial charge is 0.489 e. The van der Waals surface area contributed by atoms with Gasteiger partial charge in [-0.2, -0.15) is 0 Å². The fraction of sp³-hybridized carbons (Fsp3) is 0.0435. The van der Waals surface area contributed by atoms with Crippen LogP contribution in [0, 0.1) is 0 Å². The van der Waals surface area contributed by atoms with Crippen molar-refractivity contribution in [2.75, 3.05) is 5.32 Å². The molecule has 0 aliphatic heterocycles. The molecule has 138 valence electrons. The number of rotatable bonds is 6. The van der Waals surface area contributed by atoms with Gasteiger partial charge in [-0.25, -0.2) is 4.98 Å². The van der Waals surface area contributed by atoms with E-state index in [0.29, 0.717) is 29.4 Å². The molecule has 3 aromatic carbocycles. The van der Waals surface area contributed by atoms with Crippen LogP contribution in [-0.4, -0.2) is 10.9 Å². The molecule has 0 bridgehead atoms. The van der Waals surface area contributed by atoms with Crippen LogP contribution in [-0.2, 0) is 6.61 Å². The minimum atomic E-state index is -0.197. The predicted octanol–water partition coefficient (Wildman–Crippen LogP) is 5.17. The van der Waals surface area contributed by atoms with Gasteiger partial charge in [0.2, 0.25) is 0 Å². The van der Waals surface area contributed by atoms with Crippen molar-refractivity contribution in [2.24, 2.45) is 0 Å². The minimum absolute atomic E-state index is 0.197. The highest BCUT2D eigenvalue weighted by molar-refractivity contribution is 6.04. The zero-order valence-corrected chi connectivity index (χ0v) is 15.0. The highest BCUT2D eigenvalue weighted by Crippen LogP contribution is 2.22. The van der Waals surface area contributed by atoms with E-state index in [-0.39, 0.29) is 5.91 Å². The van der Waals surface area contributed by atoms with Crippen molar-refractivity contribution in [3.63, 3.8) is 0 Å². The average Bonchev–Trinajstić information content (AvgIpc) is 3.29. The highest BCUT2D eigenvalue weighted by atomic mass is 16.5. The van der Waals surface area contributed by atoms with Crippen molar-refractivity contribution in [3.8, 4) is 17.1 Å². The van der Waals surface area contributed by atoms with E-state index in [9.17, 15) is 4.79 Å². The summed E-state index contributed by atoms with van der Waals surface area (Å²) in [7, 11) is 0. The first-order valence-corrected chi connectivity index (χ1v) is 8.85. The van der Waals surface area contributed by atoms with Crippen molar-refractivity contribution in [1.29, 1.82) is 0 Å². The molecule has 1 N–H and O–H groups in total. The van der Waals surface area contributed by atoms with Gasteiger partial charge in [-0.15, -0.1) is 0 Å². The van der Waals surface area contributed by atoms with E-state index in [0.717, 1.165) is 11.1 Å². The van der Waals surface area contributed by atoms with Crippen LogP contribution in [0.15, 0.2) is 95.9 Å². The Morgan fingerprint density at radius 1 is 0.964 bits per heavy atom. The fourth-order valence-electron chi connectivity index (χ4n) is 2.75. The van der Waals surface area contributed by atoms with Gasteiger partial charge in [0.15, 0.2) is 12.2 Å². The van der Waals surface area contributed by atoms with Crippen molar-refractivity contribution in [3.05, 3.63) is 103 Å². The molecule has 5 nitrogen and oxygen atoms in total. The summed E-state index contributed by atoms with van der Waals surface area (Å²) < 4.78 is 11.1. The number of hydrogen-bond acceptors (Lipinski definition) is 4. The molecule has 1 aromatic heterocycles. The number of amides is 1. The summed E-state index contributed by atoms with van der Waals surface area (Å²) in [4.78, 5) is 16.5. The summed E-state index contributed by atoms with van der Waals surface area (Å²) in [5.74, 6) is 1.14. The van der Waals surface area contributed by atoms with Crippen LogP contribution in [0.5, 0.6) is 5.75 Å². The van der Waals surface area contributed by atoms with Gasteiger partial charge >= 0.3 is 0 Å². The zero-order chi connectivity index (χ0) is 19.2. The molecule has 5 heteroatoms. The molecule has 1 heterocycles. The molecule has 1 amide bonds. The molecular formula is C23H18N2O3. The molecule has 0 atom stereocenters. The van der Waals surface area contributed by atoms with Crippen molar-refractivity contribution >= 4 is 11.6 Å². The Morgan fingerprint density at radius 3 is 2.54 bits per heavy atom. The molecule has 0 aliphatic rings. The van der Waals surface area contributed by atoms with E-state index in [1.807, 2.05) is 66.7 Å². The van der Waals surface area contributed by atoms with Crippen LogP contribution in [0.25, 0.3) is 11.3 Å². The molecule has 0 spiro atoms. The maximum atomic E-state index is 12.6. The topological polar surface area (TPSA) is 64.4 Å². The molecular weight excluding hydrogens is 352 g/mol. The SMILES string of the molecule is O=C(Nc1ccc(-c2cnco2)cc1)c1cccc(OCc2ccccc2)c1. The third kappa shape index (κ3) is 4.27. The quantitative estimate of drug-likeness (QED) is 0.508. The lowest BCUT2D eigenvalue weighted by atomic mass is 10.1. The number of ether oxygens (including phenoxy) is 1. The van der Waals surface area contributed by atoms with E-state index in [2.05, 4.69) is 10.3 Å². The van der Waals surface area contributed by atoms with Crippen LogP contribution in [0.3, 0.4) is 0 Å². The van der Waals surface area contributed by atoms with Crippen LogP contribution >= 0.6 is 0 Å². The molecule has 0 unspecified atom stereocenters. The van der Waals surface area contributed by atoms with E-state index in [1.165, 1.54) is 6.39 Å². The molecule has 0 saturated carbocycles. The summed E-state index contributed by atoms with van der Waals surface area (Å²) >= 11 is 0. The average molecular weight is 370 g/mol. The summed E-state index contributed by atoms with van der Waals surface area (Å²) in [6.45, 7) is 0.453. The van der Waals surface area contributed by atoms with Crippen molar-refractivity contribution < 1.29 is 13.9 Å². The minimum Gasteiger partial charge on any atom is -0.489 e. The number of anilines is 1. The Bertz CT molecular complexity index is 1040. The van der Waals surface area contributed by atoms with E-state index < -0.39 is 0 Å². The molecule has 4 aromatic rings. The number of nitrogens with one attached hydrogen (secondary N) is 1. The Labute approximate surface area is 162 Å². The Morgan fingerprint density at radius 2 is 1.79 bits per heavy atom. The fourth-order valence-corrected chi connectivity index (χ4v) is 2.75. The first-order valence-electron chi connectivity index (χ1n) is 8.85. The highest BCUT2D eigenvalue weighted by Gasteiger charge is 2.08. The summed E-state index contributed by atoms with van der Waals surface area (Å²) in [5.41, 5.74) is 3.20. The zero-order valence-electron chi connectivity index (χ0n) is 15.0. The molecule has 0 fully saturated rings. The van der Waals surface area contributed by atoms with E-state index >= 15 is 0 Å². The maximum Gasteiger partial charge on any atom is 0.255 e. The number of carbonyl (C=O) groups excluding carboxylic acids is 1. The van der Waals surface area contributed by atoms with Gasteiger partial charge in [0.05, 0.1) is 6.20 Å². The molecule has 0 aliphatic carbocycles. The summed E-state index contributed by atoms with van der Waals surface area (Å²) in [5, 5.41) is 2.89. The van der Waals surface area contributed by atoms with Crippen LogP contribution in [0.4, 0.5) is 5.69 Å². The van der Waals surface area contributed by atoms with Gasteiger partial charge in [-0.1, -0.05) is 36.4 Å². The normalized spacial score (nSPS) is 10.4. The lowest BCUT2D eigenvalue weighted by Gasteiger charge is -2.09.